The molecule has 3 aromatic rings. The van der Waals surface area contributed by atoms with E-state index in [4.69, 9.17) is 20.8 Å². The quantitative estimate of drug-likeness (QED) is 0.623. The number of benzene rings is 1. The van der Waals surface area contributed by atoms with E-state index in [1.54, 1.807) is 23.3 Å². The van der Waals surface area contributed by atoms with E-state index in [9.17, 15) is 4.79 Å². The van der Waals surface area contributed by atoms with Crippen molar-refractivity contribution in [1.82, 2.24) is 4.98 Å². The van der Waals surface area contributed by atoms with Crippen LogP contribution in [0.25, 0.3) is 11.5 Å². The number of hydrogen-bond donors (Lipinski definition) is 0. The zero-order chi connectivity index (χ0) is 19.0. The summed E-state index contributed by atoms with van der Waals surface area (Å²) in [6.45, 7) is 2.48. The van der Waals surface area contributed by atoms with Crippen molar-refractivity contribution in [2.45, 2.75) is 26.2 Å². The molecule has 1 aliphatic rings. The average Bonchev–Trinajstić information content (AvgIpc) is 3.32. The van der Waals surface area contributed by atoms with E-state index in [-0.39, 0.29) is 12.3 Å². The van der Waals surface area contributed by atoms with Crippen LogP contribution >= 0.6 is 22.9 Å². The molecule has 140 valence electrons. The fourth-order valence-corrected chi connectivity index (χ4v) is 4.28. The number of anilines is 1. The fourth-order valence-electron chi connectivity index (χ4n) is 3.40. The number of methoxy groups -OCH3 is 1. The number of hydrogen-bond acceptors (Lipinski definition) is 5. The van der Waals surface area contributed by atoms with E-state index in [2.05, 4.69) is 4.98 Å². The number of nitrogens with zero attached hydrogens (tertiary/aromatic N) is 2. The van der Waals surface area contributed by atoms with Crippen LogP contribution in [0.3, 0.4) is 0 Å². The van der Waals surface area contributed by atoms with Crippen molar-refractivity contribution in [1.29, 1.82) is 0 Å². The molecular weight excluding hydrogens is 384 g/mol. The third kappa shape index (κ3) is 3.35. The molecule has 0 radical (unpaired) electrons. The zero-order valence-corrected chi connectivity index (χ0v) is 16.7. The first-order chi connectivity index (χ1) is 13.1. The van der Waals surface area contributed by atoms with Crippen LogP contribution < -0.4 is 9.64 Å². The monoisotopic (exact) mass is 402 g/mol. The Kier molecular flexibility index (Phi) is 4.93. The van der Waals surface area contributed by atoms with Gasteiger partial charge >= 0.3 is 0 Å². The van der Waals surface area contributed by atoms with Gasteiger partial charge in [0.25, 0.3) is 0 Å². The van der Waals surface area contributed by atoms with Gasteiger partial charge in [-0.2, -0.15) is 11.3 Å². The van der Waals surface area contributed by atoms with E-state index in [0.29, 0.717) is 34.7 Å². The number of amides is 1. The van der Waals surface area contributed by atoms with Crippen LogP contribution in [0.5, 0.6) is 5.75 Å². The van der Waals surface area contributed by atoms with Crippen molar-refractivity contribution < 1.29 is 13.9 Å². The summed E-state index contributed by atoms with van der Waals surface area (Å²) in [5.74, 6) is 1.85. The second kappa shape index (κ2) is 7.37. The van der Waals surface area contributed by atoms with Crippen molar-refractivity contribution in [2.24, 2.45) is 0 Å². The lowest BCUT2D eigenvalue weighted by molar-refractivity contribution is -0.118. The SMILES string of the molecule is COc1ccc(Cl)c2c1N(C(=O)Cc1nc(-c3ccsc3)oc1C)CCC2. The molecule has 0 atom stereocenters. The van der Waals surface area contributed by atoms with Crippen LogP contribution in [-0.2, 0) is 17.6 Å². The molecule has 0 bridgehead atoms. The van der Waals surface area contributed by atoms with Crippen LogP contribution in [0.4, 0.5) is 5.69 Å². The van der Waals surface area contributed by atoms with Gasteiger partial charge in [0.05, 0.1) is 24.9 Å². The first-order valence-electron chi connectivity index (χ1n) is 8.73. The van der Waals surface area contributed by atoms with E-state index in [0.717, 1.165) is 29.7 Å². The Morgan fingerprint density at radius 3 is 3.00 bits per heavy atom. The molecule has 0 aliphatic carbocycles. The molecular formula is C20H19ClN2O3S. The highest BCUT2D eigenvalue weighted by Crippen LogP contribution is 2.40. The molecule has 1 aromatic carbocycles. The first-order valence-corrected chi connectivity index (χ1v) is 10.0. The Morgan fingerprint density at radius 1 is 1.41 bits per heavy atom. The predicted molar refractivity (Wildman–Crippen MR) is 107 cm³/mol. The lowest BCUT2D eigenvalue weighted by Gasteiger charge is -2.31. The molecule has 0 saturated carbocycles. The van der Waals surface area contributed by atoms with Gasteiger partial charge in [-0.05, 0) is 48.9 Å². The van der Waals surface area contributed by atoms with E-state index < -0.39 is 0 Å². The molecule has 4 rings (SSSR count). The minimum absolute atomic E-state index is 0.0372. The summed E-state index contributed by atoms with van der Waals surface area (Å²) >= 11 is 7.95. The van der Waals surface area contributed by atoms with Gasteiger partial charge in [-0.3, -0.25) is 4.79 Å². The number of thiophene rings is 1. The summed E-state index contributed by atoms with van der Waals surface area (Å²) < 4.78 is 11.2. The smallest absolute Gasteiger partial charge is 0.233 e. The summed E-state index contributed by atoms with van der Waals surface area (Å²) in [5, 5.41) is 4.62. The molecule has 5 nitrogen and oxygen atoms in total. The fraction of sp³-hybridized carbons (Fsp3) is 0.300. The number of halogens is 1. The highest BCUT2D eigenvalue weighted by atomic mass is 35.5. The second-order valence-electron chi connectivity index (χ2n) is 6.44. The minimum atomic E-state index is -0.0372. The number of aromatic nitrogens is 1. The molecule has 27 heavy (non-hydrogen) atoms. The molecule has 0 unspecified atom stereocenters. The molecule has 1 aliphatic heterocycles. The van der Waals surface area contributed by atoms with Gasteiger partial charge in [-0.1, -0.05) is 11.6 Å². The summed E-state index contributed by atoms with van der Waals surface area (Å²) in [7, 11) is 1.61. The third-order valence-corrected chi connectivity index (χ3v) is 5.80. The molecule has 1 amide bonds. The van der Waals surface area contributed by atoms with Crippen LogP contribution in [-0.4, -0.2) is 24.5 Å². The number of aryl methyl sites for hydroxylation is 1. The molecule has 0 saturated heterocycles. The van der Waals surface area contributed by atoms with Gasteiger partial charge in [-0.25, -0.2) is 4.98 Å². The van der Waals surface area contributed by atoms with Gasteiger partial charge in [0.2, 0.25) is 11.8 Å². The van der Waals surface area contributed by atoms with Crippen molar-refractivity contribution in [3.8, 4) is 17.2 Å². The topological polar surface area (TPSA) is 55.6 Å². The first kappa shape index (κ1) is 18.1. The van der Waals surface area contributed by atoms with Crippen LogP contribution in [0.1, 0.15) is 23.4 Å². The predicted octanol–water partition coefficient (Wildman–Crippen LogP) is 4.90. The van der Waals surface area contributed by atoms with Crippen molar-refractivity contribution in [3.63, 3.8) is 0 Å². The number of carbonyl (C=O) groups is 1. The standard InChI is InChI=1S/C20H19ClN2O3S/c1-12-16(22-20(26-12)13-7-9-27-11-13)10-18(24)23-8-3-4-14-15(21)5-6-17(25-2)19(14)23/h5-7,9,11H,3-4,8,10H2,1-2H3. The Labute approximate surface area is 166 Å². The zero-order valence-electron chi connectivity index (χ0n) is 15.1. The van der Waals surface area contributed by atoms with E-state index in [1.807, 2.05) is 35.9 Å². The number of rotatable bonds is 4. The van der Waals surface area contributed by atoms with Crippen molar-refractivity contribution in [3.05, 3.63) is 51.0 Å². The maximum Gasteiger partial charge on any atom is 0.233 e. The van der Waals surface area contributed by atoms with Crippen LogP contribution in [0.2, 0.25) is 5.02 Å². The maximum atomic E-state index is 13.1. The molecule has 7 heteroatoms. The average molecular weight is 403 g/mol. The van der Waals surface area contributed by atoms with Gasteiger partial charge in [0.1, 0.15) is 11.5 Å². The number of oxazole rings is 1. The normalized spacial score (nSPS) is 13.5. The second-order valence-corrected chi connectivity index (χ2v) is 7.62. The molecule has 0 fully saturated rings. The van der Waals surface area contributed by atoms with Gasteiger partial charge in [0.15, 0.2) is 0 Å². The lowest BCUT2D eigenvalue weighted by Crippen LogP contribution is -2.37. The number of carbonyl (C=O) groups excluding carboxylic acids is 1. The minimum Gasteiger partial charge on any atom is -0.495 e. The van der Waals surface area contributed by atoms with Crippen molar-refractivity contribution in [2.75, 3.05) is 18.6 Å². The third-order valence-electron chi connectivity index (χ3n) is 4.77. The largest absolute Gasteiger partial charge is 0.495 e. The summed E-state index contributed by atoms with van der Waals surface area (Å²) in [6, 6.07) is 5.58. The van der Waals surface area contributed by atoms with Gasteiger partial charge in [0, 0.05) is 22.5 Å². The molecule has 0 spiro atoms. The van der Waals surface area contributed by atoms with Gasteiger partial charge in [-0.15, -0.1) is 0 Å². The van der Waals surface area contributed by atoms with E-state index >= 15 is 0 Å². The summed E-state index contributed by atoms with van der Waals surface area (Å²) in [5.41, 5.74) is 3.33. The van der Waals surface area contributed by atoms with E-state index in [1.165, 1.54) is 0 Å². The number of ether oxygens (including phenoxy) is 1. The Morgan fingerprint density at radius 2 is 2.26 bits per heavy atom. The molecule has 2 aromatic heterocycles. The van der Waals surface area contributed by atoms with Gasteiger partial charge < -0.3 is 14.1 Å². The lowest BCUT2D eigenvalue weighted by atomic mass is 10.00. The highest BCUT2D eigenvalue weighted by Gasteiger charge is 2.29. The maximum absolute atomic E-state index is 13.1. The molecule has 0 N–H and O–H groups in total. The highest BCUT2D eigenvalue weighted by molar-refractivity contribution is 7.08. The summed E-state index contributed by atoms with van der Waals surface area (Å²) in [4.78, 5) is 19.4. The Hall–Kier alpha value is -2.31. The Balaban J connectivity index is 1.63. The summed E-state index contributed by atoms with van der Waals surface area (Å²) in [6.07, 6.45) is 1.87. The number of fused-ring (bicyclic) bond motifs is 1. The van der Waals surface area contributed by atoms with Crippen LogP contribution in [0, 0.1) is 6.92 Å². The van der Waals surface area contributed by atoms with Crippen molar-refractivity contribution >= 4 is 34.5 Å². The van der Waals surface area contributed by atoms with Crippen LogP contribution in [0.15, 0.2) is 33.4 Å². The molecule has 3 heterocycles. The Bertz CT molecular complexity index is 982.